The van der Waals surface area contributed by atoms with Crippen molar-refractivity contribution in [1.29, 1.82) is 0 Å². The van der Waals surface area contributed by atoms with Gasteiger partial charge in [-0.05, 0) is 19.0 Å². The molecular formula is C11H22N2S. The van der Waals surface area contributed by atoms with E-state index in [2.05, 4.69) is 35.5 Å². The van der Waals surface area contributed by atoms with E-state index in [1.807, 2.05) is 7.05 Å². The lowest BCUT2D eigenvalue weighted by molar-refractivity contribution is 0.302. The molecule has 1 unspecified atom stereocenters. The first-order valence-electron chi connectivity index (χ1n) is 5.41. The zero-order valence-electron chi connectivity index (χ0n) is 9.38. The molecule has 0 saturated carbocycles. The first kappa shape index (κ1) is 12.1. The first-order chi connectivity index (χ1) is 6.76. The molecule has 82 valence electrons. The molecule has 0 aliphatic carbocycles. The number of thioether (sulfide) groups is 1. The number of hydrogen-bond acceptors (Lipinski definition) is 3. The zero-order valence-corrected chi connectivity index (χ0v) is 10.2. The monoisotopic (exact) mass is 214 g/mol. The van der Waals surface area contributed by atoms with Gasteiger partial charge in [-0.15, -0.1) is 0 Å². The molecule has 3 heteroatoms. The van der Waals surface area contributed by atoms with Crippen molar-refractivity contribution in [3.05, 3.63) is 12.2 Å². The molecule has 0 aromatic carbocycles. The van der Waals surface area contributed by atoms with Crippen molar-refractivity contribution in [2.24, 2.45) is 0 Å². The third-order valence-electron chi connectivity index (χ3n) is 2.55. The number of hydrogen-bond donors (Lipinski definition) is 1. The van der Waals surface area contributed by atoms with Crippen LogP contribution in [0.2, 0.25) is 0 Å². The van der Waals surface area contributed by atoms with E-state index >= 15 is 0 Å². The molecule has 0 amide bonds. The summed E-state index contributed by atoms with van der Waals surface area (Å²) in [6.07, 6.45) is 1.29. The highest BCUT2D eigenvalue weighted by Gasteiger charge is 2.18. The van der Waals surface area contributed by atoms with Gasteiger partial charge < -0.3 is 5.32 Å². The molecule has 0 aromatic heterocycles. The normalized spacial score (nSPS) is 23.7. The van der Waals surface area contributed by atoms with E-state index in [0.29, 0.717) is 0 Å². The predicted molar refractivity (Wildman–Crippen MR) is 66.0 cm³/mol. The van der Waals surface area contributed by atoms with Crippen LogP contribution >= 0.6 is 11.8 Å². The molecule has 0 bridgehead atoms. The number of rotatable bonds is 5. The molecule has 14 heavy (non-hydrogen) atoms. The summed E-state index contributed by atoms with van der Waals surface area (Å²) in [5.74, 6) is 1.28. The van der Waals surface area contributed by atoms with Crippen LogP contribution in [0.3, 0.4) is 0 Å². The van der Waals surface area contributed by atoms with Gasteiger partial charge in [0.15, 0.2) is 0 Å². The Hall–Kier alpha value is 0.0100. The lowest BCUT2D eigenvalue weighted by atomic mass is 10.2. The average molecular weight is 214 g/mol. The molecule has 2 nitrogen and oxygen atoms in total. The summed E-state index contributed by atoms with van der Waals surface area (Å²) in [7, 11) is 1.98. The molecule has 1 atom stereocenters. The molecule has 1 saturated heterocycles. The van der Waals surface area contributed by atoms with Gasteiger partial charge in [0, 0.05) is 37.2 Å². The molecule has 1 aliphatic rings. The Kier molecular flexibility index (Phi) is 5.60. The Morgan fingerprint density at radius 3 is 3.07 bits per heavy atom. The lowest BCUT2D eigenvalue weighted by Crippen LogP contribution is -2.39. The maximum absolute atomic E-state index is 4.08. The smallest absolute Gasteiger partial charge is 0.0203 e. The number of nitrogens with one attached hydrogen (secondary N) is 1. The fourth-order valence-corrected chi connectivity index (χ4v) is 3.04. The van der Waals surface area contributed by atoms with Crippen LogP contribution in [0, 0.1) is 0 Å². The molecule has 0 radical (unpaired) electrons. The summed E-state index contributed by atoms with van der Waals surface area (Å²) in [4.78, 5) is 2.53. The second-order valence-electron chi connectivity index (χ2n) is 3.92. The zero-order chi connectivity index (χ0) is 10.4. The number of likely N-dealkylation sites (N-methyl/N-ethyl adjacent to an activating group) is 1. The topological polar surface area (TPSA) is 15.3 Å². The highest BCUT2D eigenvalue weighted by Crippen LogP contribution is 2.21. The van der Waals surface area contributed by atoms with Gasteiger partial charge >= 0.3 is 0 Å². The third-order valence-corrected chi connectivity index (χ3v) is 3.92. The molecule has 1 rings (SSSR count). The fourth-order valence-electron chi connectivity index (χ4n) is 1.79. The van der Waals surface area contributed by atoms with Gasteiger partial charge in [0.1, 0.15) is 0 Å². The summed E-state index contributed by atoms with van der Waals surface area (Å²) in [5, 5.41) is 3.99. The van der Waals surface area contributed by atoms with Crippen molar-refractivity contribution in [3.63, 3.8) is 0 Å². The van der Waals surface area contributed by atoms with Gasteiger partial charge in [-0.3, -0.25) is 4.90 Å². The van der Waals surface area contributed by atoms with E-state index in [4.69, 9.17) is 0 Å². The SMILES string of the molecule is C=C(CNC)CN1CCSC(CC)C1. The second kappa shape index (κ2) is 6.49. The van der Waals surface area contributed by atoms with Crippen molar-refractivity contribution in [3.8, 4) is 0 Å². The summed E-state index contributed by atoms with van der Waals surface area (Å²) in [6, 6.07) is 0. The molecule has 0 aromatic rings. The van der Waals surface area contributed by atoms with Crippen molar-refractivity contribution < 1.29 is 0 Å². The van der Waals surface area contributed by atoms with Crippen molar-refractivity contribution >= 4 is 11.8 Å². The van der Waals surface area contributed by atoms with Crippen LogP contribution in [-0.2, 0) is 0 Å². The van der Waals surface area contributed by atoms with E-state index in [9.17, 15) is 0 Å². The third kappa shape index (κ3) is 4.03. The summed E-state index contributed by atoms with van der Waals surface area (Å²) >= 11 is 2.12. The van der Waals surface area contributed by atoms with Gasteiger partial charge in [0.2, 0.25) is 0 Å². The fraction of sp³-hybridized carbons (Fsp3) is 0.818. The van der Waals surface area contributed by atoms with Gasteiger partial charge in [-0.25, -0.2) is 0 Å². The van der Waals surface area contributed by atoms with Crippen LogP contribution in [0.5, 0.6) is 0 Å². The van der Waals surface area contributed by atoms with E-state index in [0.717, 1.165) is 18.3 Å². The van der Waals surface area contributed by atoms with Crippen LogP contribution in [0.4, 0.5) is 0 Å². The second-order valence-corrected chi connectivity index (χ2v) is 5.32. The minimum Gasteiger partial charge on any atom is -0.316 e. The first-order valence-corrected chi connectivity index (χ1v) is 6.46. The Labute approximate surface area is 92.1 Å². The number of nitrogens with zero attached hydrogens (tertiary/aromatic N) is 1. The minimum atomic E-state index is 0.839. The Morgan fingerprint density at radius 1 is 1.64 bits per heavy atom. The van der Waals surface area contributed by atoms with E-state index in [-0.39, 0.29) is 0 Å². The lowest BCUT2D eigenvalue weighted by Gasteiger charge is -2.32. The van der Waals surface area contributed by atoms with Gasteiger partial charge in [0.25, 0.3) is 0 Å². The van der Waals surface area contributed by atoms with Crippen LogP contribution in [0.25, 0.3) is 0 Å². The van der Waals surface area contributed by atoms with Gasteiger partial charge in [0.05, 0.1) is 0 Å². The molecule has 1 aliphatic heterocycles. The maximum Gasteiger partial charge on any atom is 0.0203 e. The summed E-state index contributed by atoms with van der Waals surface area (Å²) in [6.45, 7) is 10.8. The highest BCUT2D eigenvalue weighted by molar-refractivity contribution is 8.00. The molecule has 1 N–H and O–H groups in total. The largest absolute Gasteiger partial charge is 0.316 e. The summed E-state index contributed by atoms with van der Waals surface area (Å²) < 4.78 is 0. The molecule has 1 heterocycles. The Morgan fingerprint density at radius 2 is 2.43 bits per heavy atom. The average Bonchev–Trinajstić information content (AvgIpc) is 2.18. The summed E-state index contributed by atoms with van der Waals surface area (Å²) in [5.41, 5.74) is 1.30. The van der Waals surface area contributed by atoms with Gasteiger partial charge in [-0.1, -0.05) is 13.5 Å². The minimum absolute atomic E-state index is 0.839. The Balaban J connectivity index is 2.26. The highest BCUT2D eigenvalue weighted by atomic mass is 32.2. The van der Waals surface area contributed by atoms with E-state index < -0.39 is 0 Å². The van der Waals surface area contributed by atoms with Crippen LogP contribution in [-0.4, -0.2) is 49.1 Å². The van der Waals surface area contributed by atoms with Crippen molar-refractivity contribution in [2.75, 3.05) is 39.0 Å². The van der Waals surface area contributed by atoms with Crippen LogP contribution < -0.4 is 5.32 Å². The quantitative estimate of drug-likeness (QED) is 0.700. The predicted octanol–water partition coefficient (Wildman–Crippen LogP) is 1.59. The molecule has 1 fully saturated rings. The van der Waals surface area contributed by atoms with Crippen molar-refractivity contribution in [1.82, 2.24) is 10.2 Å². The van der Waals surface area contributed by atoms with Crippen LogP contribution in [0.15, 0.2) is 12.2 Å². The van der Waals surface area contributed by atoms with Gasteiger partial charge in [-0.2, -0.15) is 11.8 Å². The Bertz CT molecular complexity index is 182. The van der Waals surface area contributed by atoms with E-state index in [1.54, 1.807) is 0 Å². The standard InChI is InChI=1S/C11H22N2S/c1-4-11-9-13(5-6-14-11)8-10(2)7-12-3/h11-12H,2,4-9H2,1,3H3. The van der Waals surface area contributed by atoms with Crippen LogP contribution in [0.1, 0.15) is 13.3 Å². The molecular weight excluding hydrogens is 192 g/mol. The van der Waals surface area contributed by atoms with Crippen molar-refractivity contribution in [2.45, 2.75) is 18.6 Å². The maximum atomic E-state index is 4.08. The molecule has 0 spiro atoms. The van der Waals surface area contributed by atoms with E-state index in [1.165, 1.54) is 30.8 Å².